The van der Waals surface area contributed by atoms with Crippen LogP contribution in [-0.4, -0.2) is 24.5 Å². The Kier molecular flexibility index (Phi) is 7.99. The Balaban J connectivity index is 0.00000300. The predicted octanol–water partition coefficient (Wildman–Crippen LogP) is 3.35. The normalized spacial score (nSPS) is 12.6. The summed E-state index contributed by atoms with van der Waals surface area (Å²) in [6, 6.07) is 10.1. The number of carbonyl (C=O) groups excluding carboxylic acids is 2. The van der Waals surface area contributed by atoms with Crippen LogP contribution < -0.4 is 21.3 Å². The SMILES string of the molecule is CC(C)NC(=O)NCc1ccc(C(=O)Nc2ccc3c(c2F)CCNC3)cc1.Cl. The fourth-order valence-corrected chi connectivity index (χ4v) is 3.09. The van der Waals surface area contributed by atoms with Gasteiger partial charge in [0.25, 0.3) is 5.91 Å². The van der Waals surface area contributed by atoms with E-state index in [-0.39, 0.29) is 41.9 Å². The molecule has 29 heavy (non-hydrogen) atoms. The number of fused-ring (bicyclic) bond motifs is 1. The van der Waals surface area contributed by atoms with Crippen LogP contribution in [0, 0.1) is 5.82 Å². The van der Waals surface area contributed by atoms with E-state index in [1.54, 1.807) is 30.3 Å². The van der Waals surface area contributed by atoms with E-state index in [0.717, 1.165) is 17.7 Å². The minimum Gasteiger partial charge on any atom is -0.336 e. The lowest BCUT2D eigenvalue weighted by molar-refractivity contribution is 0.102. The molecule has 0 bridgehead atoms. The lowest BCUT2D eigenvalue weighted by Crippen LogP contribution is -2.39. The van der Waals surface area contributed by atoms with Crippen molar-refractivity contribution < 1.29 is 14.0 Å². The Bertz CT molecular complexity index is 872. The monoisotopic (exact) mass is 420 g/mol. The molecular formula is C21H26ClFN4O2. The van der Waals surface area contributed by atoms with E-state index in [1.165, 1.54) is 0 Å². The van der Waals surface area contributed by atoms with Crippen LogP contribution in [0.5, 0.6) is 0 Å². The Morgan fingerprint density at radius 2 is 1.86 bits per heavy atom. The Labute approximate surface area is 176 Å². The van der Waals surface area contributed by atoms with Crippen molar-refractivity contribution in [2.45, 2.75) is 39.4 Å². The van der Waals surface area contributed by atoms with Crippen LogP contribution in [-0.2, 0) is 19.5 Å². The molecule has 0 atom stereocenters. The zero-order valence-electron chi connectivity index (χ0n) is 16.5. The van der Waals surface area contributed by atoms with Crippen LogP contribution in [0.2, 0.25) is 0 Å². The molecule has 8 heteroatoms. The molecule has 0 aliphatic carbocycles. The molecule has 3 rings (SSSR count). The average Bonchev–Trinajstić information content (AvgIpc) is 2.68. The molecule has 1 aliphatic heterocycles. The number of halogens is 2. The molecule has 2 aromatic rings. The maximum atomic E-state index is 14.7. The standard InChI is InChI=1S/C21H25FN4O2.ClH/c1-13(2)25-21(28)24-11-14-3-5-15(6-4-14)20(27)26-18-8-7-16-12-23-10-9-17(16)19(18)22;/h3-8,13,23H,9-12H2,1-2H3,(H,26,27)(H2,24,25,28);1H. The van der Waals surface area contributed by atoms with Crippen molar-refractivity contribution in [2.75, 3.05) is 11.9 Å². The van der Waals surface area contributed by atoms with Crippen LogP contribution in [0.4, 0.5) is 14.9 Å². The van der Waals surface area contributed by atoms with Crippen molar-refractivity contribution in [2.24, 2.45) is 0 Å². The molecule has 0 saturated carbocycles. The smallest absolute Gasteiger partial charge is 0.315 e. The van der Waals surface area contributed by atoms with E-state index in [1.807, 2.05) is 19.9 Å². The lowest BCUT2D eigenvalue weighted by atomic mass is 9.99. The van der Waals surface area contributed by atoms with Crippen LogP contribution in [0.15, 0.2) is 36.4 Å². The summed E-state index contributed by atoms with van der Waals surface area (Å²) in [4.78, 5) is 24.1. The van der Waals surface area contributed by atoms with E-state index < -0.39 is 0 Å². The van der Waals surface area contributed by atoms with E-state index in [2.05, 4.69) is 21.3 Å². The van der Waals surface area contributed by atoms with Gasteiger partial charge in [-0.15, -0.1) is 12.4 Å². The zero-order valence-corrected chi connectivity index (χ0v) is 17.3. The predicted molar refractivity (Wildman–Crippen MR) is 114 cm³/mol. The first-order valence-corrected chi connectivity index (χ1v) is 9.39. The minimum atomic E-state index is -0.371. The Morgan fingerprint density at radius 1 is 1.14 bits per heavy atom. The Morgan fingerprint density at radius 3 is 2.55 bits per heavy atom. The second kappa shape index (κ2) is 10.2. The van der Waals surface area contributed by atoms with Gasteiger partial charge in [-0.05, 0) is 61.7 Å². The molecule has 3 amide bonds. The van der Waals surface area contributed by atoms with Gasteiger partial charge in [-0.1, -0.05) is 18.2 Å². The minimum absolute atomic E-state index is 0. The van der Waals surface area contributed by atoms with Gasteiger partial charge in [0.15, 0.2) is 0 Å². The van der Waals surface area contributed by atoms with Crippen molar-refractivity contribution in [1.82, 2.24) is 16.0 Å². The summed E-state index contributed by atoms with van der Waals surface area (Å²) in [6.07, 6.45) is 0.608. The van der Waals surface area contributed by atoms with Crippen LogP contribution >= 0.6 is 12.4 Å². The molecule has 0 radical (unpaired) electrons. The van der Waals surface area contributed by atoms with Gasteiger partial charge in [-0.25, -0.2) is 9.18 Å². The molecule has 156 valence electrons. The third kappa shape index (κ3) is 5.92. The summed E-state index contributed by atoms with van der Waals surface area (Å²) >= 11 is 0. The first-order chi connectivity index (χ1) is 13.4. The summed E-state index contributed by atoms with van der Waals surface area (Å²) in [6.45, 7) is 5.50. The summed E-state index contributed by atoms with van der Waals surface area (Å²) < 4.78 is 14.7. The van der Waals surface area contributed by atoms with E-state index in [4.69, 9.17) is 0 Å². The summed E-state index contributed by atoms with van der Waals surface area (Å²) in [7, 11) is 0. The van der Waals surface area contributed by atoms with E-state index in [0.29, 0.717) is 30.6 Å². The number of rotatable bonds is 5. The molecule has 6 nitrogen and oxygen atoms in total. The van der Waals surface area contributed by atoms with E-state index in [9.17, 15) is 14.0 Å². The second-order valence-electron chi connectivity index (χ2n) is 7.12. The van der Waals surface area contributed by atoms with Gasteiger partial charge in [0.2, 0.25) is 0 Å². The molecule has 0 aromatic heterocycles. The lowest BCUT2D eigenvalue weighted by Gasteiger charge is -2.19. The maximum absolute atomic E-state index is 14.7. The topological polar surface area (TPSA) is 82.3 Å². The van der Waals surface area contributed by atoms with Crippen LogP contribution in [0.25, 0.3) is 0 Å². The van der Waals surface area contributed by atoms with Gasteiger partial charge >= 0.3 is 6.03 Å². The summed E-state index contributed by atoms with van der Waals surface area (Å²) in [5.74, 6) is -0.728. The van der Waals surface area contributed by atoms with Gasteiger partial charge in [0.05, 0.1) is 5.69 Å². The fraction of sp³-hybridized carbons (Fsp3) is 0.333. The van der Waals surface area contributed by atoms with Crippen molar-refractivity contribution >= 4 is 30.0 Å². The summed E-state index contributed by atoms with van der Waals surface area (Å²) in [5.41, 5.74) is 3.08. The van der Waals surface area contributed by atoms with Gasteiger partial charge in [0, 0.05) is 24.7 Å². The molecule has 0 saturated heterocycles. The highest BCUT2D eigenvalue weighted by molar-refractivity contribution is 6.04. The average molecular weight is 421 g/mol. The van der Waals surface area contributed by atoms with Gasteiger partial charge < -0.3 is 21.3 Å². The van der Waals surface area contributed by atoms with Gasteiger partial charge in [-0.3, -0.25) is 4.79 Å². The highest BCUT2D eigenvalue weighted by atomic mass is 35.5. The summed E-state index contributed by atoms with van der Waals surface area (Å²) in [5, 5.41) is 11.3. The Hall–Kier alpha value is -2.64. The number of carbonyl (C=O) groups is 2. The maximum Gasteiger partial charge on any atom is 0.315 e. The van der Waals surface area contributed by atoms with Crippen molar-refractivity contribution in [1.29, 1.82) is 0 Å². The number of hydrogen-bond acceptors (Lipinski definition) is 3. The number of anilines is 1. The number of urea groups is 1. The largest absolute Gasteiger partial charge is 0.336 e. The quantitative estimate of drug-likeness (QED) is 0.598. The molecule has 0 fully saturated rings. The highest BCUT2D eigenvalue weighted by Crippen LogP contribution is 2.25. The third-order valence-corrected chi connectivity index (χ3v) is 4.54. The fourth-order valence-electron chi connectivity index (χ4n) is 3.09. The first kappa shape index (κ1) is 22.6. The molecule has 0 spiro atoms. The zero-order chi connectivity index (χ0) is 20.1. The van der Waals surface area contributed by atoms with Crippen molar-refractivity contribution in [3.8, 4) is 0 Å². The van der Waals surface area contributed by atoms with Gasteiger partial charge in [0.1, 0.15) is 5.82 Å². The van der Waals surface area contributed by atoms with E-state index >= 15 is 0 Å². The molecule has 4 N–H and O–H groups in total. The number of nitrogens with one attached hydrogen (secondary N) is 4. The first-order valence-electron chi connectivity index (χ1n) is 9.39. The third-order valence-electron chi connectivity index (χ3n) is 4.54. The van der Waals surface area contributed by atoms with Crippen molar-refractivity contribution in [3.63, 3.8) is 0 Å². The number of benzene rings is 2. The second-order valence-corrected chi connectivity index (χ2v) is 7.12. The van der Waals surface area contributed by atoms with Crippen LogP contribution in [0.3, 0.4) is 0 Å². The molecule has 1 heterocycles. The molecule has 2 aromatic carbocycles. The number of amides is 3. The molecule has 0 unspecified atom stereocenters. The van der Waals surface area contributed by atoms with Crippen molar-refractivity contribution in [3.05, 3.63) is 64.5 Å². The molecular weight excluding hydrogens is 395 g/mol. The molecule has 1 aliphatic rings. The van der Waals surface area contributed by atoms with Gasteiger partial charge in [-0.2, -0.15) is 0 Å². The van der Waals surface area contributed by atoms with Crippen LogP contribution in [0.1, 0.15) is 40.9 Å². The highest BCUT2D eigenvalue weighted by Gasteiger charge is 2.18. The number of hydrogen-bond donors (Lipinski definition) is 4.